The molecule has 0 aliphatic rings. The number of rotatable bonds is 9. The zero-order valence-corrected chi connectivity index (χ0v) is 15.9. The SMILES string of the molecule is O=C(O)C=Cc1ccc(C(=O)Oc2ccc(OCCCC(F)(F)C(F)(F)F)cc2)cc1. The molecule has 0 aliphatic heterocycles. The Balaban J connectivity index is 1.84. The lowest BCUT2D eigenvalue weighted by atomic mass is 10.1. The molecule has 10 heteroatoms. The van der Waals surface area contributed by atoms with Gasteiger partial charge in [-0.1, -0.05) is 12.1 Å². The number of ether oxygens (including phenoxy) is 2. The minimum Gasteiger partial charge on any atom is -0.494 e. The zero-order valence-electron chi connectivity index (χ0n) is 15.9. The summed E-state index contributed by atoms with van der Waals surface area (Å²) < 4.78 is 72.2. The average Bonchev–Trinajstić information content (AvgIpc) is 2.70. The smallest absolute Gasteiger partial charge is 0.453 e. The number of halogens is 5. The molecule has 166 valence electrons. The molecule has 2 aromatic carbocycles. The van der Waals surface area contributed by atoms with E-state index < -0.39 is 36.9 Å². The fourth-order valence-electron chi connectivity index (χ4n) is 2.29. The van der Waals surface area contributed by atoms with Crippen LogP contribution >= 0.6 is 0 Å². The maximum absolute atomic E-state index is 12.8. The molecule has 0 spiro atoms. The minimum absolute atomic E-state index is 0.163. The van der Waals surface area contributed by atoms with Crippen molar-refractivity contribution in [3.8, 4) is 11.5 Å². The van der Waals surface area contributed by atoms with Gasteiger partial charge in [0, 0.05) is 12.5 Å². The molecule has 0 unspecified atom stereocenters. The number of hydrogen-bond acceptors (Lipinski definition) is 4. The van der Waals surface area contributed by atoms with Gasteiger partial charge in [0.2, 0.25) is 0 Å². The zero-order chi connectivity index (χ0) is 23.1. The quantitative estimate of drug-likeness (QED) is 0.185. The molecular formula is C21H17F5O5. The molecule has 2 aromatic rings. The molecule has 2 rings (SSSR count). The third-order valence-electron chi connectivity index (χ3n) is 3.92. The third kappa shape index (κ3) is 7.40. The average molecular weight is 444 g/mol. The van der Waals surface area contributed by atoms with E-state index in [4.69, 9.17) is 14.6 Å². The lowest BCUT2D eigenvalue weighted by Crippen LogP contribution is -2.36. The van der Waals surface area contributed by atoms with E-state index in [1.54, 1.807) is 0 Å². The van der Waals surface area contributed by atoms with Crippen molar-refractivity contribution in [2.24, 2.45) is 0 Å². The van der Waals surface area contributed by atoms with Crippen molar-refractivity contribution in [3.05, 3.63) is 65.7 Å². The van der Waals surface area contributed by atoms with E-state index in [9.17, 15) is 31.5 Å². The number of benzene rings is 2. The van der Waals surface area contributed by atoms with Crippen molar-refractivity contribution in [1.82, 2.24) is 0 Å². The number of carboxylic acid groups (broad SMARTS) is 1. The molecule has 0 amide bonds. The summed E-state index contributed by atoms with van der Waals surface area (Å²) in [6, 6.07) is 11.5. The van der Waals surface area contributed by atoms with Gasteiger partial charge in [-0.25, -0.2) is 9.59 Å². The first kappa shape index (κ1) is 23.8. The first-order chi connectivity index (χ1) is 14.5. The summed E-state index contributed by atoms with van der Waals surface area (Å²) in [5.41, 5.74) is 0.798. The summed E-state index contributed by atoms with van der Waals surface area (Å²) >= 11 is 0. The second-order valence-corrected chi connectivity index (χ2v) is 6.31. The van der Waals surface area contributed by atoms with Crippen LogP contribution in [0, 0.1) is 0 Å². The van der Waals surface area contributed by atoms with Crippen molar-refractivity contribution in [2.75, 3.05) is 6.61 Å². The molecule has 0 saturated heterocycles. The molecule has 1 N–H and O–H groups in total. The molecule has 0 radical (unpaired) electrons. The summed E-state index contributed by atoms with van der Waals surface area (Å²) in [6.07, 6.45) is -5.15. The van der Waals surface area contributed by atoms with E-state index in [1.165, 1.54) is 54.6 Å². The molecule has 0 fully saturated rings. The maximum Gasteiger partial charge on any atom is 0.453 e. The van der Waals surface area contributed by atoms with Gasteiger partial charge in [-0.05, 0) is 54.5 Å². The van der Waals surface area contributed by atoms with Crippen molar-refractivity contribution < 1.29 is 46.1 Å². The fourth-order valence-corrected chi connectivity index (χ4v) is 2.29. The summed E-state index contributed by atoms with van der Waals surface area (Å²) in [4.78, 5) is 22.6. The Kier molecular flexibility index (Phi) is 7.73. The van der Waals surface area contributed by atoms with Crippen LogP contribution in [-0.4, -0.2) is 35.8 Å². The molecule has 5 nitrogen and oxygen atoms in total. The van der Waals surface area contributed by atoms with Gasteiger partial charge in [-0.2, -0.15) is 22.0 Å². The topological polar surface area (TPSA) is 72.8 Å². The van der Waals surface area contributed by atoms with Crippen LogP contribution in [0.3, 0.4) is 0 Å². The van der Waals surface area contributed by atoms with E-state index in [0.29, 0.717) is 5.56 Å². The van der Waals surface area contributed by atoms with Crippen molar-refractivity contribution in [1.29, 1.82) is 0 Å². The van der Waals surface area contributed by atoms with Crippen molar-refractivity contribution >= 4 is 18.0 Å². The van der Waals surface area contributed by atoms with Crippen LogP contribution in [0.1, 0.15) is 28.8 Å². The van der Waals surface area contributed by atoms with Crippen molar-refractivity contribution in [3.63, 3.8) is 0 Å². The summed E-state index contributed by atoms with van der Waals surface area (Å²) in [7, 11) is 0. The van der Waals surface area contributed by atoms with Crippen LogP contribution in [0.15, 0.2) is 54.6 Å². The second kappa shape index (κ2) is 10.1. The molecule has 31 heavy (non-hydrogen) atoms. The lowest BCUT2D eigenvalue weighted by Gasteiger charge is -2.19. The predicted octanol–water partition coefficient (Wildman–Crippen LogP) is 5.36. The number of hydrogen-bond donors (Lipinski definition) is 1. The Morgan fingerprint density at radius 2 is 1.48 bits per heavy atom. The maximum atomic E-state index is 12.8. The molecule has 0 bridgehead atoms. The van der Waals surface area contributed by atoms with Gasteiger partial charge in [-0.15, -0.1) is 0 Å². The van der Waals surface area contributed by atoms with Crippen LogP contribution in [-0.2, 0) is 4.79 Å². The van der Waals surface area contributed by atoms with E-state index in [1.807, 2.05) is 0 Å². The largest absolute Gasteiger partial charge is 0.494 e. The number of aliphatic carboxylic acids is 1. The highest BCUT2D eigenvalue weighted by molar-refractivity contribution is 5.91. The highest BCUT2D eigenvalue weighted by Gasteiger charge is 2.56. The van der Waals surface area contributed by atoms with E-state index in [0.717, 1.165) is 6.08 Å². The number of carbonyl (C=O) groups is 2. The minimum atomic E-state index is -5.59. The van der Waals surface area contributed by atoms with Crippen LogP contribution in [0.5, 0.6) is 11.5 Å². The Morgan fingerprint density at radius 1 is 0.903 bits per heavy atom. The molecule has 0 heterocycles. The number of carboxylic acids is 1. The van der Waals surface area contributed by atoms with Crippen LogP contribution in [0.2, 0.25) is 0 Å². The lowest BCUT2D eigenvalue weighted by molar-refractivity contribution is -0.284. The Labute approximate surface area is 173 Å². The van der Waals surface area contributed by atoms with Gasteiger partial charge in [0.15, 0.2) is 0 Å². The van der Waals surface area contributed by atoms with E-state index >= 15 is 0 Å². The highest BCUT2D eigenvalue weighted by atomic mass is 19.4. The van der Waals surface area contributed by atoms with Crippen molar-refractivity contribution in [2.45, 2.75) is 24.9 Å². The Morgan fingerprint density at radius 3 is 2.03 bits per heavy atom. The molecular weight excluding hydrogens is 427 g/mol. The summed E-state index contributed by atoms with van der Waals surface area (Å²) in [5, 5.41) is 8.58. The molecule has 0 aromatic heterocycles. The van der Waals surface area contributed by atoms with Gasteiger partial charge in [0.1, 0.15) is 11.5 Å². The number of esters is 1. The molecule has 0 saturated carbocycles. The van der Waals surface area contributed by atoms with Gasteiger partial charge >= 0.3 is 24.0 Å². The number of carbonyl (C=O) groups excluding carboxylic acids is 1. The van der Waals surface area contributed by atoms with Gasteiger partial charge in [-0.3, -0.25) is 0 Å². The van der Waals surface area contributed by atoms with Crippen LogP contribution in [0.4, 0.5) is 22.0 Å². The first-order valence-corrected chi connectivity index (χ1v) is 8.88. The van der Waals surface area contributed by atoms with E-state index in [-0.39, 0.29) is 23.7 Å². The fraction of sp³-hybridized carbons (Fsp3) is 0.238. The standard InChI is InChI=1S/C21H17F5O5/c22-20(23,21(24,25)26)12-1-13-30-16-7-9-17(10-8-16)31-19(29)15-5-2-14(3-6-15)4-11-18(27)28/h2-11H,1,12-13H2,(H,27,28). The Bertz CT molecular complexity index is 919. The Hall–Kier alpha value is -3.43. The molecule has 0 atom stereocenters. The number of alkyl halides is 5. The highest BCUT2D eigenvalue weighted by Crippen LogP contribution is 2.38. The van der Waals surface area contributed by atoms with Gasteiger partial charge in [0.25, 0.3) is 0 Å². The van der Waals surface area contributed by atoms with Crippen LogP contribution < -0.4 is 9.47 Å². The second-order valence-electron chi connectivity index (χ2n) is 6.31. The third-order valence-corrected chi connectivity index (χ3v) is 3.92. The first-order valence-electron chi connectivity index (χ1n) is 8.88. The normalized spacial score (nSPS) is 12.0. The van der Waals surface area contributed by atoms with Crippen LogP contribution in [0.25, 0.3) is 6.08 Å². The summed E-state index contributed by atoms with van der Waals surface area (Å²) in [5.74, 6) is -6.16. The monoisotopic (exact) mass is 444 g/mol. The van der Waals surface area contributed by atoms with Gasteiger partial charge in [0.05, 0.1) is 12.2 Å². The predicted molar refractivity (Wildman–Crippen MR) is 100 cm³/mol. The molecule has 0 aliphatic carbocycles. The van der Waals surface area contributed by atoms with E-state index in [2.05, 4.69) is 0 Å². The summed E-state index contributed by atoms with van der Waals surface area (Å²) in [6.45, 7) is -0.340. The van der Waals surface area contributed by atoms with Gasteiger partial charge < -0.3 is 14.6 Å².